The maximum atomic E-state index is 13.0. The molecule has 0 radical (unpaired) electrons. The van der Waals surface area contributed by atoms with Gasteiger partial charge in [0.25, 0.3) is 5.91 Å². The maximum absolute atomic E-state index is 13.0. The number of nitrogens with zero attached hydrogens (tertiary/aromatic N) is 1. The normalized spacial score (nSPS) is 16.3. The lowest BCUT2D eigenvalue weighted by molar-refractivity contribution is 0.0939. The van der Waals surface area contributed by atoms with Gasteiger partial charge in [-0.3, -0.25) is 9.10 Å². The van der Waals surface area contributed by atoms with E-state index in [0.717, 1.165) is 24.0 Å². The molecule has 0 fully saturated rings. The molecule has 2 atom stereocenters. The molecule has 0 saturated carbocycles. The van der Waals surface area contributed by atoms with E-state index in [0.29, 0.717) is 42.4 Å². The molecule has 0 bridgehead atoms. The first-order valence-corrected chi connectivity index (χ1v) is 13.3. The number of carbonyl (C=O) groups is 1. The third kappa shape index (κ3) is 5.79. The van der Waals surface area contributed by atoms with E-state index in [2.05, 4.69) is 12.2 Å². The summed E-state index contributed by atoms with van der Waals surface area (Å²) in [6, 6.07) is 10.5. The van der Waals surface area contributed by atoms with Crippen LogP contribution in [-0.4, -0.2) is 39.8 Å². The van der Waals surface area contributed by atoms with E-state index in [1.807, 2.05) is 39.0 Å². The summed E-state index contributed by atoms with van der Waals surface area (Å²) < 4.78 is 37.3. The van der Waals surface area contributed by atoms with E-state index in [-0.39, 0.29) is 18.0 Å². The Kier molecular flexibility index (Phi) is 7.89. The van der Waals surface area contributed by atoms with Crippen LogP contribution >= 0.6 is 0 Å². The third-order valence-corrected chi connectivity index (χ3v) is 6.86. The molecular weight excluding hydrogens is 440 g/mol. The summed E-state index contributed by atoms with van der Waals surface area (Å²) in [4.78, 5) is 13.0. The lowest BCUT2D eigenvalue weighted by atomic mass is 10.0. The molecule has 2 aromatic rings. The summed E-state index contributed by atoms with van der Waals surface area (Å²) in [5.41, 5.74) is 2.93. The van der Waals surface area contributed by atoms with Gasteiger partial charge in [0.05, 0.1) is 31.2 Å². The molecule has 0 aromatic heterocycles. The van der Waals surface area contributed by atoms with Crippen LogP contribution < -0.4 is 19.1 Å². The van der Waals surface area contributed by atoms with Crippen LogP contribution in [0.1, 0.15) is 68.1 Å². The zero-order valence-corrected chi connectivity index (χ0v) is 20.9. The van der Waals surface area contributed by atoms with Crippen LogP contribution in [0.25, 0.3) is 0 Å². The molecule has 2 unspecified atom stereocenters. The minimum atomic E-state index is -3.36. The highest BCUT2D eigenvalue weighted by Crippen LogP contribution is 2.35. The van der Waals surface area contributed by atoms with Crippen molar-refractivity contribution in [3.8, 4) is 11.5 Å². The maximum Gasteiger partial charge on any atom is 0.251 e. The second-order valence-electron chi connectivity index (χ2n) is 8.55. The van der Waals surface area contributed by atoms with Gasteiger partial charge in [-0.05, 0) is 74.6 Å². The van der Waals surface area contributed by atoms with Crippen molar-refractivity contribution in [3.05, 3.63) is 53.1 Å². The van der Waals surface area contributed by atoms with E-state index in [1.54, 1.807) is 18.2 Å². The molecule has 1 aliphatic heterocycles. The van der Waals surface area contributed by atoms with Gasteiger partial charge in [0.2, 0.25) is 10.0 Å². The Morgan fingerprint density at radius 3 is 2.39 bits per heavy atom. The Balaban J connectivity index is 1.76. The second kappa shape index (κ2) is 10.5. The molecule has 3 rings (SSSR count). The summed E-state index contributed by atoms with van der Waals surface area (Å²) in [7, 11) is -3.36. The van der Waals surface area contributed by atoms with Crippen molar-refractivity contribution in [2.45, 2.75) is 59.0 Å². The molecule has 0 saturated heterocycles. The summed E-state index contributed by atoms with van der Waals surface area (Å²) >= 11 is 0. The summed E-state index contributed by atoms with van der Waals surface area (Å²) in [5, 5.41) is 3.04. The fourth-order valence-corrected chi connectivity index (χ4v) is 5.33. The number of fused-ring (bicyclic) bond motifs is 1. The minimum absolute atomic E-state index is 0.165. The lowest BCUT2D eigenvalue weighted by Crippen LogP contribution is -2.34. The summed E-state index contributed by atoms with van der Waals surface area (Å²) in [6.45, 7) is 9.09. The van der Waals surface area contributed by atoms with Crippen molar-refractivity contribution in [2.75, 3.05) is 23.8 Å². The highest BCUT2D eigenvalue weighted by atomic mass is 32.2. The van der Waals surface area contributed by atoms with Crippen molar-refractivity contribution >= 4 is 21.6 Å². The van der Waals surface area contributed by atoms with Gasteiger partial charge < -0.3 is 14.8 Å². The van der Waals surface area contributed by atoms with Crippen molar-refractivity contribution in [1.29, 1.82) is 0 Å². The fraction of sp³-hybridized carbons (Fsp3) is 0.480. The SMILES string of the molecule is CCCOc1ccc(C(C)NC(=O)c2ccc3c(c2)CC(C)N3S(C)(=O)=O)cc1OCCC. The van der Waals surface area contributed by atoms with Gasteiger partial charge >= 0.3 is 0 Å². The van der Waals surface area contributed by atoms with Crippen LogP contribution in [0.3, 0.4) is 0 Å². The molecule has 1 aliphatic rings. The van der Waals surface area contributed by atoms with Gasteiger partial charge in [-0.2, -0.15) is 0 Å². The average molecular weight is 475 g/mol. The van der Waals surface area contributed by atoms with Crippen molar-refractivity contribution in [1.82, 2.24) is 5.32 Å². The molecule has 1 heterocycles. The molecule has 0 aliphatic carbocycles. The summed E-state index contributed by atoms with van der Waals surface area (Å²) in [5.74, 6) is 1.17. The lowest BCUT2D eigenvalue weighted by Gasteiger charge is -2.22. The molecule has 1 N–H and O–H groups in total. The Bertz CT molecular complexity index is 1100. The number of nitrogens with one attached hydrogen (secondary N) is 1. The predicted octanol–water partition coefficient (Wildman–Crippen LogP) is 4.47. The van der Waals surface area contributed by atoms with Crippen LogP contribution in [0.15, 0.2) is 36.4 Å². The van der Waals surface area contributed by atoms with Gasteiger partial charge in [0.15, 0.2) is 11.5 Å². The molecular formula is C25H34N2O5S. The van der Waals surface area contributed by atoms with Gasteiger partial charge in [-0.1, -0.05) is 19.9 Å². The van der Waals surface area contributed by atoms with Gasteiger partial charge in [0, 0.05) is 11.6 Å². The van der Waals surface area contributed by atoms with Crippen molar-refractivity contribution < 1.29 is 22.7 Å². The minimum Gasteiger partial charge on any atom is -0.490 e. The number of anilines is 1. The van der Waals surface area contributed by atoms with Gasteiger partial charge in [-0.25, -0.2) is 8.42 Å². The van der Waals surface area contributed by atoms with Crippen LogP contribution in [0, 0.1) is 0 Å². The second-order valence-corrected chi connectivity index (χ2v) is 10.4. The van der Waals surface area contributed by atoms with E-state index >= 15 is 0 Å². The number of carbonyl (C=O) groups excluding carboxylic acids is 1. The van der Waals surface area contributed by atoms with Crippen LogP contribution in [0.2, 0.25) is 0 Å². The monoisotopic (exact) mass is 474 g/mol. The molecule has 33 heavy (non-hydrogen) atoms. The van der Waals surface area contributed by atoms with E-state index in [1.165, 1.54) is 10.6 Å². The molecule has 8 heteroatoms. The van der Waals surface area contributed by atoms with E-state index < -0.39 is 10.0 Å². The number of hydrogen-bond donors (Lipinski definition) is 1. The number of amides is 1. The van der Waals surface area contributed by atoms with Gasteiger partial charge in [-0.15, -0.1) is 0 Å². The Labute approximate surface area is 197 Å². The number of rotatable bonds is 10. The standard InChI is InChI=1S/C25H34N2O5S/c1-6-12-31-23-11-9-19(16-24(23)32-13-7-2)18(4)26-25(28)20-8-10-22-21(15-20)14-17(3)27(22)33(5,29)30/h8-11,15-18H,6-7,12-14H2,1-5H3,(H,26,28). The molecule has 2 aromatic carbocycles. The topological polar surface area (TPSA) is 84.9 Å². The van der Waals surface area contributed by atoms with Crippen molar-refractivity contribution in [3.63, 3.8) is 0 Å². The number of benzene rings is 2. The highest BCUT2D eigenvalue weighted by molar-refractivity contribution is 7.92. The Hall–Kier alpha value is -2.74. The average Bonchev–Trinajstić information content (AvgIpc) is 3.11. The number of ether oxygens (including phenoxy) is 2. The largest absolute Gasteiger partial charge is 0.490 e. The van der Waals surface area contributed by atoms with Crippen LogP contribution in [-0.2, 0) is 16.4 Å². The molecule has 7 nitrogen and oxygen atoms in total. The fourth-order valence-electron chi connectivity index (χ4n) is 4.06. The van der Waals surface area contributed by atoms with Crippen molar-refractivity contribution in [2.24, 2.45) is 0 Å². The quantitative estimate of drug-likeness (QED) is 0.549. The predicted molar refractivity (Wildman–Crippen MR) is 131 cm³/mol. The molecule has 180 valence electrons. The summed E-state index contributed by atoms with van der Waals surface area (Å²) in [6.07, 6.45) is 3.58. The molecule has 1 amide bonds. The van der Waals surface area contributed by atoms with Crippen LogP contribution in [0.5, 0.6) is 11.5 Å². The molecule has 0 spiro atoms. The smallest absolute Gasteiger partial charge is 0.251 e. The zero-order valence-electron chi connectivity index (χ0n) is 20.1. The number of sulfonamides is 1. The number of hydrogen-bond acceptors (Lipinski definition) is 5. The first-order chi connectivity index (χ1) is 15.7. The Morgan fingerprint density at radius 2 is 1.76 bits per heavy atom. The van der Waals surface area contributed by atoms with Crippen LogP contribution in [0.4, 0.5) is 5.69 Å². The van der Waals surface area contributed by atoms with Gasteiger partial charge in [0.1, 0.15) is 0 Å². The zero-order chi connectivity index (χ0) is 24.2. The first kappa shape index (κ1) is 24.9. The first-order valence-electron chi connectivity index (χ1n) is 11.5. The van der Waals surface area contributed by atoms with E-state index in [4.69, 9.17) is 9.47 Å². The Morgan fingerprint density at radius 1 is 1.09 bits per heavy atom. The highest BCUT2D eigenvalue weighted by Gasteiger charge is 2.32. The third-order valence-electron chi connectivity index (χ3n) is 5.59. The van der Waals surface area contributed by atoms with E-state index in [9.17, 15) is 13.2 Å².